The maximum absolute atomic E-state index is 8.80. The van der Waals surface area contributed by atoms with Gasteiger partial charge in [-0.2, -0.15) is 0 Å². The van der Waals surface area contributed by atoms with Gasteiger partial charge in [-0.15, -0.1) is 0 Å². The summed E-state index contributed by atoms with van der Waals surface area (Å²) in [6, 6.07) is 16.4. The summed E-state index contributed by atoms with van der Waals surface area (Å²) in [5, 5.41) is 17.6. The first-order valence-corrected chi connectivity index (χ1v) is 8.95. The zero-order chi connectivity index (χ0) is 17.9. The van der Waals surface area contributed by atoms with E-state index in [9.17, 15) is 0 Å². The average Bonchev–Trinajstić information content (AvgIpc) is 2.65. The molecule has 136 valence electrons. The van der Waals surface area contributed by atoms with Gasteiger partial charge < -0.3 is 19.7 Å². The Labute approximate surface area is 150 Å². The summed E-state index contributed by atoms with van der Waals surface area (Å²) < 4.78 is 11.2. The van der Waals surface area contributed by atoms with Crippen LogP contribution in [-0.4, -0.2) is 36.6 Å². The minimum absolute atomic E-state index is 0.149. The van der Waals surface area contributed by atoms with Crippen LogP contribution in [0.5, 0.6) is 11.5 Å². The Balaban J connectivity index is 2.00. The molecule has 4 heteroatoms. The molecule has 25 heavy (non-hydrogen) atoms. The molecule has 0 aromatic heterocycles. The zero-order valence-electron chi connectivity index (χ0n) is 14.9. The highest BCUT2D eigenvalue weighted by Gasteiger charge is 2.12. The van der Waals surface area contributed by atoms with Gasteiger partial charge in [0, 0.05) is 32.0 Å². The zero-order valence-corrected chi connectivity index (χ0v) is 14.9. The highest BCUT2D eigenvalue weighted by Crippen LogP contribution is 2.30. The van der Waals surface area contributed by atoms with Gasteiger partial charge in [0.2, 0.25) is 0 Å². The lowest BCUT2D eigenvalue weighted by atomic mass is 9.89. The second-order valence-electron chi connectivity index (χ2n) is 5.95. The van der Waals surface area contributed by atoms with E-state index in [1.807, 2.05) is 24.3 Å². The molecule has 0 amide bonds. The molecule has 0 spiro atoms. The Kier molecular flexibility index (Phi) is 8.29. The second-order valence-corrected chi connectivity index (χ2v) is 5.95. The molecule has 0 saturated heterocycles. The first-order valence-electron chi connectivity index (χ1n) is 8.95. The summed E-state index contributed by atoms with van der Waals surface area (Å²) in [5.74, 6) is 2.00. The van der Waals surface area contributed by atoms with Crippen molar-refractivity contribution in [1.29, 1.82) is 0 Å². The molecule has 2 N–H and O–H groups in total. The number of hydrogen-bond acceptors (Lipinski definition) is 4. The molecule has 0 aliphatic heterocycles. The van der Waals surface area contributed by atoms with Crippen molar-refractivity contribution >= 4 is 0 Å². The standard InChI is InChI=1S/C21H28O4/c1-2-21(17-5-9-19(10-6-17)24-15-3-13-22)18-7-11-20(12-8-18)25-16-4-14-23/h5-12,21-23H,2-4,13-16H2,1H3. The quantitative estimate of drug-likeness (QED) is 0.610. The predicted molar refractivity (Wildman–Crippen MR) is 99.4 cm³/mol. The Morgan fingerprint density at radius 2 is 1.12 bits per heavy atom. The Bertz CT molecular complexity index is 539. The van der Waals surface area contributed by atoms with Crippen molar-refractivity contribution < 1.29 is 19.7 Å². The van der Waals surface area contributed by atoms with Crippen molar-refractivity contribution in [1.82, 2.24) is 0 Å². The topological polar surface area (TPSA) is 58.9 Å². The molecule has 2 rings (SSSR count). The Morgan fingerprint density at radius 3 is 1.44 bits per heavy atom. The van der Waals surface area contributed by atoms with Gasteiger partial charge in [-0.1, -0.05) is 31.2 Å². The van der Waals surface area contributed by atoms with Crippen LogP contribution >= 0.6 is 0 Å². The van der Waals surface area contributed by atoms with Crippen LogP contribution in [0.1, 0.15) is 43.2 Å². The van der Waals surface area contributed by atoms with Gasteiger partial charge in [-0.3, -0.25) is 0 Å². The number of rotatable bonds is 11. The third kappa shape index (κ3) is 6.07. The molecule has 2 aromatic carbocycles. The van der Waals surface area contributed by atoms with Crippen molar-refractivity contribution in [2.45, 2.75) is 32.1 Å². The molecule has 0 saturated carbocycles. The van der Waals surface area contributed by atoms with E-state index in [4.69, 9.17) is 19.7 Å². The van der Waals surface area contributed by atoms with Crippen LogP contribution in [0.25, 0.3) is 0 Å². The highest BCUT2D eigenvalue weighted by molar-refractivity contribution is 5.38. The van der Waals surface area contributed by atoms with E-state index < -0.39 is 0 Å². The van der Waals surface area contributed by atoms with Crippen LogP contribution in [-0.2, 0) is 0 Å². The van der Waals surface area contributed by atoms with Gasteiger partial charge in [0.15, 0.2) is 0 Å². The summed E-state index contributed by atoms with van der Waals surface area (Å²) in [6.45, 7) is 3.54. The molecule has 0 aliphatic carbocycles. The molecule has 2 aromatic rings. The number of aliphatic hydroxyl groups is 2. The number of ether oxygens (including phenoxy) is 2. The summed E-state index contributed by atoms with van der Waals surface area (Å²) in [6.07, 6.45) is 2.30. The van der Waals surface area contributed by atoms with E-state index in [-0.39, 0.29) is 13.2 Å². The van der Waals surface area contributed by atoms with Gasteiger partial charge in [0.25, 0.3) is 0 Å². The third-order valence-corrected chi connectivity index (χ3v) is 4.12. The van der Waals surface area contributed by atoms with Gasteiger partial charge >= 0.3 is 0 Å². The van der Waals surface area contributed by atoms with Crippen LogP contribution in [0, 0.1) is 0 Å². The minimum atomic E-state index is 0.149. The predicted octanol–water partition coefficient (Wildman–Crippen LogP) is 3.75. The molecule has 0 heterocycles. The molecule has 0 unspecified atom stereocenters. The molecule has 0 fully saturated rings. The Morgan fingerprint density at radius 1 is 0.720 bits per heavy atom. The van der Waals surface area contributed by atoms with E-state index in [1.54, 1.807) is 0 Å². The number of hydrogen-bond donors (Lipinski definition) is 2. The van der Waals surface area contributed by atoms with Crippen molar-refractivity contribution in [3.63, 3.8) is 0 Å². The summed E-state index contributed by atoms with van der Waals surface area (Å²) in [4.78, 5) is 0. The van der Waals surface area contributed by atoms with Crippen LogP contribution in [0.2, 0.25) is 0 Å². The molecule has 0 radical (unpaired) electrons. The first kappa shape index (κ1) is 19.3. The fourth-order valence-corrected chi connectivity index (χ4v) is 2.77. The summed E-state index contributed by atoms with van der Waals surface area (Å²) >= 11 is 0. The van der Waals surface area contributed by atoms with Gasteiger partial charge in [0.1, 0.15) is 11.5 Å². The van der Waals surface area contributed by atoms with Crippen molar-refractivity contribution in [2.75, 3.05) is 26.4 Å². The SMILES string of the molecule is CCC(c1ccc(OCCCO)cc1)c1ccc(OCCCO)cc1. The van der Waals surface area contributed by atoms with E-state index in [1.165, 1.54) is 11.1 Å². The van der Waals surface area contributed by atoms with Gasteiger partial charge in [-0.25, -0.2) is 0 Å². The third-order valence-electron chi connectivity index (χ3n) is 4.12. The fourth-order valence-electron chi connectivity index (χ4n) is 2.77. The molecule has 0 bridgehead atoms. The molecular formula is C21H28O4. The van der Waals surface area contributed by atoms with Crippen LogP contribution < -0.4 is 9.47 Å². The molecule has 0 atom stereocenters. The smallest absolute Gasteiger partial charge is 0.119 e. The fraction of sp³-hybridized carbons (Fsp3) is 0.429. The van der Waals surface area contributed by atoms with Gasteiger partial charge in [0.05, 0.1) is 13.2 Å². The number of benzene rings is 2. The van der Waals surface area contributed by atoms with Crippen LogP contribution in [0.4, 0.5) is 0 Å². The average molecular weight is 344 g/mol. The molecule has 4 nitrogen and oxygen atoms in total. The van der Waals surface area contributed by atoms with Gasteiger partial charge in [-0.05, 0) is 41.8 Å². The number of aliphatic hydroxyl groups excluding tert-OH is 2. The maximum atomic E-state index is 8.80. The largest absolute Gasteiger partial charge is 0.494 e. The highest BCUT2D eigenvalue weighted by atomic mass is 16.5. The lowest BCUT2D eigenvalue weighted by molar-refractivity contribution is 0.233. The van der Waals surface area contributed by atoms with E-state index in [0.717, 1.165) is 17.9 Å². The van der Waals surface area contributed by atoms with E-state index in [2.05, 4.69) is 31.2 Å². The normalized spacial score (nSPS) is 10.9. The lowest BCUT2D eigenvalue weighted by Gasteiger charge is -2.17. The lowest BCUT2D eigenvalue weighted by Crippen LogP contribution is -2.02. The monoisotopic (exact) mass is 344 g/mol. The van der Waals surface area contributed by atoms with E-state index in [0.29, 0.717) is 32.0 Å². The molecular weight excluding hydrogens is 316 g/mol. The van der Waals surface area contributed by atoms with Crippen LogP contribution in [0.3, 0.4) is 0 Å². The minimum Gasteiger partial charge on any atom is -0.494 e. The summed E-state index contributed by atoms with van der Waals surface area (Å²) in [5.41, 5.74) is 2.51. The van der Waals surface area contributed by atoms with E-state index >= 15 is 0 Å². The van der Waals surface area contributed by atoms with Crippen molar-refractivity contribution in [2.24, 2.45) is 0 Å². The van der Waals surface area contributed by atoms with Crippen LogP contribution in [0.15, 0.2) is 48.5 Å². The first-order chi connectivity index (χ1) is 12.3. The second kappa shape index (κ2) is 10.7. The maximum Gasteiger partial charge on any atom is 0.119 e. The molecule has 0 aliphatic rings. The van der Waals surface area contributed by atoms with Crippen molar-refractivity contribution in [3.8, 4) is 11.5 Å². The Hall–Kier alpha value is -2.04. The summed E-state index contributed by atoms with van der Waals surface area (Å²) in [7, 11) is 0. The van der Waals surface area contributed by atoms with Crippen molar-refractivity contribution in [3.05, 3.63) is 59.7 Å².